The molecule has 0 bridgehead atoms. The first kappa shape index (κ1) is 12.5. The average molecular weight is 208 g/mol. The van der Waals surface area contributed by atoms with E-state index in [9.17, 15) is 4.79 Å². The van der Waals surface area contributed by atoms with Gasteiger partial charge in [-0.25, -0.2) is 0 Å². The molecule has 1 aliphatic rings. The van der Waals surface area contributed by atoms with Crippen LogP contribution in [0.1, 0.15) is 53.4 Å². The van der Waals surface area contributed by atoms with Crippen molar-refractivity contribution >= 4 is 6.29 Å². The Morgan fingerprint density at radius 3 is 2.33 bits per heavy atom. The van der Waals surface area contributed by atoms with Crippen molar-refractivity contribution in [1.29, 1.82) is 0 Å². The van der Waals surface area contributed by atoms with E-state index in [0.717, 1.165) is 6.29 Å². The van der Waals surface area contributed by atoms with Crippen LogP contribution in [-0.4, -0.2) is 6.29 Å². The molecule has 2 unspecified atom stereocenters. The van der Waals surface area contributed by atoms with Gasteiger partial charge in [0.1, 0.15) is 6.29 Å². The van der Waals surface area contributed by atoms with Crippen LogP contribution < -0.4 is 0 Å². The first-order valence-electron chi connectivity index (χ1n) is 6.04. The average Bonchev–Trinajstić information content (AvgIpc) is 2.42. The lowest BCUT2D eigenvalue weighted by Gasteiger charge is -2.43. The fourth-order valence-corrected chi connectivity index (χ4v) is 3.10. The number of carbonyl (C=O) groups is 1. The van der Waals surface area contributed by atoms with Crippen LogP contribution in [0, 0.1) is 16.7 Å². The summed E-state index contributed by atoms with van der Waals surface area (Å²) in [5.74, 6) is 0.414. The molecular formula is C14H24O. The highest BCUT2D eigenvalue weighted by atomic mass is 16.1. The van der Waals surface area contributed by atoms with E-state index in [0.29, 0.717) is 23.2 Å². The maximum absolute atomic E-state index is 10.8. The summed E-state index contributed by atoms with van der Waals surface area (Å²) < 4.78 is 0. The molecule has 0 aromatic carbocycles. The van der Waals surface area contributed by atoms with Crippen molar-refractivity contribution < 1.29 is 4.79 Å². The van der Waals surface area contributed by atoms with E-state index in [1.807, 2.05) is 6.92 Å². The Balaban J connectivity index is 2.94. The number of rotatable bonds is 4. The Hall–Kier alpha value is -0.590. The number of aldehydes is 1. The highest BCUT2D eigenvalue weighted by Gasteiger charge is 2.48. The zero-order valence-electron chi connectivity index (χ0n) is 10.5. The first-order valence-corrected chi connectivity index (χ1v) is 6.04. The molecular weight excluding hydrogens is 184 g/mol. The van der Waals surface area contributed by atoms with Gasteiger partial charge in [0.05, 0.1) is 0 Å². The second-order valence-corrected chi connectivity index (χ2v) is 5.69. The minimum Gasteiger partial charge on any atom is -0.303 e. The first-order chi connectivity index (χ1) is 6.98. The van der Waals surface area contributed by atoms with Gasteiger partial charge in [-0.3, -0.25) is 0 Å². The van der Waals surface area contributed by atoms with Gasteiger partial charge < -0.3 is 4.79 Å². The van der Waals surface area contributed by atoms with Crippen LogP contribution in [0.5, 0.6) is 0 Å². The molecule has 1 saturated carbocycles. The zero-order chi connectivity index (χ0) is 11.5. The predicted molar refractivity (Wildman–Crippen MR) is 64.7 cm³/mol. The van der Waals surface area contributed by atoms with Gasteiger partial charge in [0.15, 0.2) is 0 Å². The lowest BCUT2D eigenvalue weighted by atomic mass is 9.61. The van der Waals surface area contributed by atoms with Gasteiger partial charge in [0, 0.05) is 6.42 Å². The lowest BCUT2D eigenvalue weighted by molar-refractivity contribution is -0.109. The van der Waals surface area contributed by atoms with Gasteiger partial charge in [-0.2, -0.15) is 0 Å². The summed E-state index contributed by atoms with van der Waals surface area (Å²) >= 11 is 0. The maximum Gasteiger partial charge on any atom is 0.120 e. The predicted octanol–water partition coefficient (Wildman–Crippen LogP) is 3.98. The van der Waals surface area contributed by atoms with Crippen LogP contribution in [0.15, 0.2) is 12.2 Å². The van der Waals surface area contributed by atoms with Gasteiger partial charge in [0.2, 0.25) is 0 Å². The minimum atomic E-state index is 0.292. The minimum absolute atomic E-state index is 0.292. The third kappa shape index (κ3) is 2.16. The molecule has 1 aliphatic carbocycles. The highest BCUT2D eigenvalue weighted by Crippen LogP contribution is 2.57. The van der Waals surface area contributed by atoms with E-state index in [1.165, 1.54) is 19.3 Å². The van der Waals surface area contributed by atoms with Crippen molar-refractivity contribution in [1.82, 2.24) is 0 Å². The zero-order valence-corrected chi connectivity index (χ0v) is 10.5. The summed E-state index contributed by atoms with van der Waals surface area (Å²) in [7, 11) is 0. The number of allylic oxidation sites excluding steroid dienone is 2. The SMILES string of the molecule is C/C=C/C(CC=O)C1(C)CCCC1(C)C. The summed E-state index contributed by atoms with van der Waals surface area (Å²) in [6.07, 6.45) is 9.90. The Bertz CT molecular complexity index is 252. The Kier molecular flexibility index (Phi) is 3.75. The van der Waals surface area contributed by atoms with Gasteiger partial charge in [-0.05, 0) is 36.5 Å². The Morgan fingerprint density at radius 2 is 1.93 bits per heavy atom. The van der Waals surface area contributed by atoms with Crippen molar-refractivity contribution in [2.24, 2.45) is 16.7 Å². The molecule has 86 valence electrons. The molecule has 0 radical (unpaired) electrons. The molecule has 1 fully saturated rings. The molecule has 0 aliphatic heterocycles. The maximum atomic E-state index is 10.8. The molecule has 0 aromatic rings. The number of carbonyl (C=O) groups excluding carboxylic acids is 1. The quantitative estimate of drug-likeness (QED) is 0.504. The topological polar surface area (TPSA) is 17.1 Å². The molecule has 0 aromatic heterocycles. The van der Waals surface area contributed by atoms with Crippen molar-refractivity contribution in [3.63, 3.8) is 0 Å². The molecule has 0 heterocycles. The van der Waals surface area contributed by atoms with Crippen molar-refractivity contribution in [2.75, 3.05) is 0 Å². The van der Waals surface area contributed by atoms with Gasteiger partial charge in [-0.1, -0.05) is 39.3 Å². The van der Waals surface area contributed by atoms with Crippen LogP contribution in [0.4, 0.5) is 0 Å². The van der Waals surface area contributed by atoms with Crippen molar-refractivity contribution in [3.05, 3.63) is 12.2 Å². The summed E-state index contributed by atoms with van der Waals surface area (Å²) in [5, 5.41) is 0. The second kappa shape index (κ2) is 4.51. The summed E-state index contributed by atoms with van der Waals surface area (Å²) in [5.41, 5.74) is 0.653. The molecule has 1 rings (SSSR count). The number of hydrogen-bond acceptors (Lipinski definition) is 1. The lowest BCUT2D eigenvalue weighted by Crippen LogP contribution is -2.36. The molecule has 2 atom stereocenters. The van der Waals surface area contributed by atoms with Crippen LogP contribution in [0.2, 0.25) is 0 Å². The monoisotopic (exact) mass is 208 g/mol. The summed E-state index contributed by atoms with van der Waals surface area (Å²) in [6, 6.07) is 0. The van der Waals surface area contributed by atoms with Crippen LogP contribution in [0.3, 0.4) is 0 Å². The van der Waals surface area contributed by atoms with E-state index >= 15 is 0 Å². The standard InChI is InChI=1S/C14H24O/c1-5-7-12(8-11-15)14(4)10-6-9-13(14,2)3/h5,7,11-12H,6,8-10H2,1-4H3/b7-5+. The normalized spacial score (nSPS) is 32.0. The largest absolute Gasteiger partial charge is 0.303 e. The third-order valence-electron chi connectivity index (χ3n) is 4.64. The highest BCUT2D eigenvalue weighted by molar-refractivity contribution is 5.50. The molecule has 0 saturated heterocycles. The smallest absolute Gasteiger partial charge is 0.120 e. The molecule has 1 nitrogen and oxygen atoms in total. The van der Waals surface area contributed by atoms with Gasteiger partial charge in [0.25, 0.3) is 0 Å². The fraction of sp³-hybridized carbons (Fsp3) is 0.786. The van der Waals surface area contributed by atoms with E-state index in [4.69, 9.17) is 0 Å². The van der Waals surface area contributed by atoms with E-state index < -0.39 is 0 Å². The second-order valence-electron chi connectivity index (χ2n) is 5.69. The van der Waals surface area contributed by atoms with Gasteiger partial charge in [-0.15, -0.1) is 0 Å². The van der Waals surface area contributed by atoms with Crippen LogP contribution in [-0.2, 0) is 4.79 Å². The fourth-order valence-electron chi connectivity index (χ4n) is 3.10. The van der Waals surface area contributed by atoms with Gasteiger partial charge >= 0.3 is 0 Å². The molecule has 15 heavy (non-hydrogen) atoms. The molecule has 0 N–H and O–H groups in total. The molecule has 0 amide bonds. The Morgan fingerprint density at radius 1 is 1.27 bits per heavy atom. The third-order valence-corrected chi connectivity index (χ3v) is 4.64. The molecule has 1 heteroatoms. The van der Waals surface area contributed by atoms with E-state index in [1.54, 1.807) is 0 Å². The Labute approximate surface area is 93.9 Å². The van der Waals surface area contributed by atoms with Crippen LogP contribution in [0.25, 0.3) is 0 Å². The summed E-state index contributed by atoms with van der Waals surface area (Å²) in [6.45, 7) is 9.10. The van der Waals surface area contributed by atoms with Crippen molar-refractivity contribution in [3.8, 4) is 0 Å². The number of hydrogen-bond donors (Lipinski definition) is 0. The van der Waals surface area contributed by atoms with Crippen molar-refractivity contribution in [2.45, 2.75) is 53.4 Å². The van der Waals surface area contributed by atoms with E-state index in [2.05, 4.69) is 32.9 Å². The summed E-state index contributed by atoms with van der Waals surface area (Å²) in [4.78, 5) is 10.8. The van der Waals surface area contributed by atoms with E-state index in [-0.39, 0.29) is 0 Å². The van der Waals surface area contributed by atoms with Crippen LogP contribution >= 0.6 is 0 Å². The molecule has 0 spiro atoms.